The molecule has 2 aromatic rings. The molecule has 1 fully saturated rings. The standard InChI is InChI=1S/C14H19ClN4O/c1-10(2)12-7-13-14(16-3-4-19(13)17-12)18-5-6-20-11(8-15)9-18/h3-4,7,10-11H,5-6,8-9H2,1-2H3. The molecule has 1 unspecified atom stereocenters. The van der Waals surface area contributed by atoms with Crippen LogP contribution in [0.15, 0.2) is 18.5 Å². The number of nitrogens with zero attached hydrogens (tertiary/aromatic N) is 4. The summed E-state index contributed by atoms with van der Waals surface area (Å²) in [5, 5.41) is 4.60. The maximum Gasteiger partial charge on any atom is 0.154 e. The maximum atomic E-state index is 5.91. The molecule has 1 aliphatic heterocycles. The van der Waals surface area contributed by atoms with E-state index in [2.05, 4.69) is 34.9 Å². The van der Waals surface area contributed by atoms with Gasteiger partial charge in [-0.05, 0) is 12.0 Å². The molecule has 0 bridgehead atoms. The van der Waals surface area contributed by atoms with E-state index >= 15 is 0 Å². The number of ether oxygens (including phenoxy) is 1. The average Bonchev–Trinajstić information content (AvgIpc) is 2.91. The van der Waals surface area contributed by atoms with Gasteiger partial charge >= 0.3 is 0 Å². The molecular weight excluding hydrogens is 276 g/mol. The van der Waals surface area contributed by atoms with E-state index in [1.807, 2.05) is 10.7 Å². The summed E-state index contributed by atoms with van der Waals surface area (Å²) in [5.74, 6) is 1.88. The minimum Gasteiger partial charge on any atom is -0.373 e. The largest absolute Gasteiger partial charge is 0.373 e. The lowest BCUT2D eigenvalue weighted by atomic mass is 10.1. The molecule has 0 aliphatic carbocycles. The Bertz CT molecular complexity index is 598. The van der Waals surface area contributed by atoms with Crippen molar-refractivity contribution in [3.05, 3.63) is 24.2 Å². The topological polar surface area (TPSA) is 42.7 Å². The van der Waals surface area contributed by atoms with Gasteiger partial charge < -0.3 is 9.64 Å². The summed E-state index contributed by atoms with van der Waals surface area (Å²) in [6.45, 7) is 6.59. The Morgan fingerprint density at radius 3 is 3.10 bits per heavy atom. The van der Waals surface area contributed by atoms with Gasteiger partial charge in [-0.15, -0.1) is 11.6 Å². The van der Waals surface area contributed by atoms with Crippen molar-refractivity contribution < 1.29 is 4.74 Å². The van der Waals surface area contributed by atoms with Gasteiger partial charge in [-0.25, -0.2) is 9.50 Å². The van der Waals surface area contributed by atoms with Gasteiger partial charge in [0.2, 0.25) is 0 Å². The molecular formula is C14H19ClN4O. The van der Waals surface area contributed by atoms with Crippen molar-refractivity contribution in [3.8, 4) is 0 Å². The van der Waals surface area contributed by atoms with E-state index in [1.165, 1.54) is 0 Å². The fourth-order valence-corrected chi connectivity index (χ4v) is 2.64. The summed E-state index contributed by atoms with van der Waals surface area (Å²) in [4.78, 5) is 6.77. The number of fused-ring (bicyclic) bond motifs is 1. The lowest BCUT2D eigenvalue weighted by Gasteiger charge is -2.33. The molecule has 3 heterocycles. The normalized spacial score (nSPS) is 20.0. The van der Waals surface area contributed by atoms with Crippen molar-refractivity contribution in [2.75, 3.05) is 30.5 Å². The molecule has 6 heteroatoms. The van der Waals surface area contributed by atoms with Gasteiger partial charge in [-0.1, -0.05) is 13.8 Å². The molecule has 1 aliphatic rings. The average molecular weight is 295 g/mol. The zero-order valence-corrected chi connectivity index (χ0v) is 12.5. The fourth-order valence-electron chi connectivity index (χ4n) is 2.46. The molecule has 1 saturated heterocycles. The summed E-state index contributed by atoms with van der Waals surface area (Å²) >= 11 is 5.91. The van der Waals surface area contributed by atoms with Crippen LogP contribution in [0.3, 0.4) is 0 Å². The van der Waals surface area contributed by atoms with Crippen molar-refractivity contribution in [1.82, 2.24) is 14.6 Å². The molecule has 0 N–H and O–H groups in total. The number of alkyl halides is 1. The fraction of sp³-hybridized carbons (Fsp3) is 0.571. The van der Waals surface area contributed by atoms with Crippen LogP contribution in [0, 0.1) is 0 Å². The van der Waals surface area contributed by atoms with Crippen LogP contribution in [-0.4, -0.2) is 46.3 Å². The summed E-state index contributed by atoms with van der Waals surface area (Å²) < 4.78 is 7.52. The van der Waals surface area contributed by atoms with Gasteiger partial charge in [0.15, 0.2) is 5.82 Å². The quantitative estimate of drug-likeness (QED) is 0.815. The van der Waals surface area contributed by atoms with E-state index in [9.17, 15) is 0 Å². The van der Waals surface area contributed by atoms with E-state index in [-0.39, 0.29) is 6.10 Å². The Hall–Kier alpha value is -1.33. The van der Waals surface area contributed by atoms with Gasteiger partial charge in [0.05, 0.1) is 24.3 Å². The van der Waals surface area contributed by atoms with Gasteiger partial charge in [0, 0.05) is 25.5 Å². The number of halogens is 1. The zero-order chi connectivity index (χ0) is 14.1. The lowest BCUT2D eigenvalue weighted by molar-refractivity contribution is 0.0552. The Morgan fingerprint density at radius 1 is 1.50 bits per heavy atom. The molecule has 0 aromatic carbocycles. The first-order chi connectivity index (χ1) is 9.69. The minimum absolute atomic E-state index is 0.0694. The van der Waals surface area contributed by atoms with Gasteiger partial charge in [0.25, 0.3) is 0 Å². The number of morpholine rings is 1. The highest BCUT2D eigenvalue weighted by Gasteiger charge is 2.23. The zero-order valence-electron chi connectivity index (χ0n) is 11.8. The van der Waals surface area contributed by atoms with Crippen LogP contribution in [0.4, 0.5) is 5.82 Å². The molecule has 3 rings (SSSR count). The first kappa shape index (κ1) is 13.6. The highest BCUT2D eigenvalue weighted by atomic mass is 35.5. The van der Waals surface area contributed by atoms with Crippen molar-refractivity contribution >= 4 is 22.9 Å². The second-order valence-corrected chi connectivity index (χ2v) is 5.71. The second-order valence-electron chi connectivity index (χ2n) is 5.40. The highest BCUT2D eigenvalue weighted by Crippen LogP contribution is 2.24. The molecule has 2 aromatic heterocycles. The van der Waals surface area contributed by atoms with Crippen molar-refractivity contribution in [1.29, 1.82) is 0 Å². The molecule has 1 atom stereocenters. The number of rotatable bonds is 3. The van der Waals surface area contributed by atoms with Crippen LogP contribution in [0.2, 0.25) is 0 Å². The smallest absolute Gasteiger partial charge is 0.154 e. The number of hydrogen-bond donors (Lipinski definition) is 0. The Morgan fingerprint density at radius 2 is 2.35 bits per heavy atom. The highest BCUT2D eigenvalue weighted by molar-refractivity contribution is 6.18. The van der Waals surface area contributed by atoms with E-state index in [0.717, 1.165) is 30.1 Å². The third kappa shape index (κ3) is 2.47. The maximum absolute atomic E-state index is 5.91. The number of hydrogen-bond acceptors (Lipinski definition) is 4. The molecule has 0 amide bonds. The van der Waals surface area contributed by atoms with Crippen molar-refractivity contribution in [2.24, 2.45) is 0 Å². The van der Waals surface area contributed by atoms with E-state index in [1.54, 1.807) is 6.20 Å². The third-order valence-electron chi connectivity index (χ3n) is 3.59. The van der Waals surface area contributed by atoms with E-state index < -0.39 is 0 Å². The van der Waals surface area contributed by atoms with Crippen molar-refractivity contribution in [2.45, 2.75) is 25.9 Å². The van der Waals surface area contributed by atoms with E-state index in [4.69, 9.17) is 16.3 Å². The molecule has 20 heavy (non-hydrogen) atoms. The van der Waals surface area contributed by atoms with Crippen molar-refractivity contribution in [3.63, 3.8) is 0 Å². The van der Waals surface area contributed by atoms with Crippen LogP contribution in [0.25, 0.3) is 5.52 Å². The molecule has 0 saturated carbocycles. The van der Waals surface area contributed by atoms with Gasteiger partial charge in [0.1, 0.15) is 5.52 Å². The predicted octanol–water partition coefficient (Wildman–Crippen LogP) is 2.30. The first-order valence-corrected chi connectivity index (χ1v) is 7.49. The van der Waals surface area contributed by atoms with Gasteiger partial charge in [-0.3, -0.25) is 0 Å². The summed E-state index contributed by atoms with van der Waals surface area (Å²) in [7, 11) is 0. The molecule has 5 nitrogen and oxygen atoms in total. The SMILES string of the molecule is CC(C)c1cc2c(N3CCOC(CCl)C3)nccn2n1. The monoisotopic (exact) mass is 294 g/mol. The van der Waals surface area contributed by atoms with Crippen LogP contribution in [-0.2, 0) is 4.74 Å². The van der Waals surface area contributed by atoms with Crippen LogP contribution < -0.4 is 4.90 Å². The van der Waals surface area contributed by atoms with Crippen LogP contribution >= 0.6 is 11.6 Å². The summed E-state index contributed by atoms with van der Waals surface area (Å²) in [6, 6.07) is 2.12. The molecule has 0 spiro atoms. The predicted molar refractivity (Wildman–Crippen MR) is 79.7 cm³/mol. The second kappa shape index (κ2) is 5.58. The number of anilines is 1. The lowest BCUT2D eigenvalue weighted by Crippen LogP contribution is -2.43. The van der Waals surface area contributed by atoms with E-state index in [0.29, 0.717) is 18.4 Å². The minimum atomic E-state index is 0.0694. The Balaban J connectivity index is 1.98. The number of aromatic nitrogens is 3. The van der Waals surface area contributed by atoms with Crippen LogP contribution in [0.1, 0.15) is 25.5 Å². The Kier molecular flexibility index (Phi) is 3.81. The first-order valence-electron chi connectivity index (χ1n) is 6.96. The van der Waals surface area contributed by atoms with Crippen LogP contribution in [0.5, 0.6) is 0 Å². The summed E-state index contributed by atoms with van der Waals surface area (Å²) in [6.07, 6.45) is 3.76. The van der Waals surface area contributed by atoms with Gasteiger partial charge in [-0.2, -0.15) is 5.10 Å². The molecule has 108 valence electrons. The Labute approximate surface area is 123 Å². The third-order valence-corrected chi connectivity index (χ3v) is 3.93. The summed E-state index contributed by atoms with van der Waals surface area (Å²) in [5.41, 5.74) is 2.13. The molecule has 0 radical (unpaired) electrons.